The molecule has 9 heteroatoms. The molecule has 3 aromatic rings. The van der Waals surface area contributed by atoms with Crippen LogP contribution >= 0.6 is 0 Å². The highest BCUT2D eigenvalue weighted by Crippen LogP contribution is 2.53. The van der Waals surface area contributed by atoms with E-state index < -0.39 is 5.91 Å². The number of hydrogen-bond acceptors (Lipinski definition) is 6. The lowest BCUT2D eigenvalue weighted by Gasteiger charge is -2.24. The summed E-state index contributed by atoms with van der Waals surface area (Å²) in [4.78, 5) is 35.7. The van der Waals surface area contributed by atoms with Crippen LogP contribution in [0.3, 0.4) is 0 Å². The number of ether oxygens (including phenoxy) is 2. The van der Waals surface area contributed by atoms with E-state index in [1.165, 1.54) is 0 Å². The third-order valence-corrected chi connectivity index (χ3v) is 7.79. The summed E-state index contributed by atoms with van der Waals surface area (Å²) >= 11 is 0. The average molecular weight is 478 g/mol. The van der Waals surface area contributed by atoms with Crippen LogP contribution in [0.25, 0.3) is 5.78 Å². The molecule has 1 N–H and O–H groups in total. The fourth-order valence-electron chi connectivity index (χ4n) is 5.36. The Morgan fingerprint density at radius 3 is 2.80 bits per heavy atom. The normalized spacial score (nSPS) is 26.3. The van der Waals surface area contributed by atoms with Gasteiger partial charge in [0, 0.05) is 30.0 Å². The van der Waals surface area contributed by atoms with Crippen LogP contribution in [-0.2, 0) is 10.2 Å². The summed E-state index contributed by atoms with van der Waals surface area (Å²) in [7, 11) is 0. The number of anilines is 1. The van der Waals surface area contributed by atoms with Gasteiger partial charge in [0.2, 0.25) is 11.7 Å². The smallest absolute Gasteiger partial charge is 0.274 e. The highest BCUT2D eigenvalue weighted by atomic mass is 16.5. The predicted octanol–water partition coefficient (Wildman–Crippen LogP) is 3.87. The van der Waals surface area contributed by atoms with Crippen LogP contribution < -0.4 is 15.6 Å². The highest BCUT2D eigenvalue weighted by Gasteiger charge is 2.55. The summed E-state index contributed by atoms with van der Waals surface area (Å²) in [5.41, 5.74) is 1.06. The van der Waals surface area contributed by atoms with Crippen LogP contribution in [0.5, 0.6) is 5.88 Å². The molecule has 2 bridgehead atoms. The van der Waals surface area contributed by atoms with Gasteiger partial charge in [-0.15, -0.1) is 0 Å². The Hall–Kier alpha value is -3.20. The van der Waals surface area contributed by atoms with E-state index in [4.69, 9.17) is 14.5 Å². The molecular weight excluding hydrogens is 446 g/mol. The molecular formula is C26H31N5O4. The molecule has 0 radical (unpaired) electrons. The zero-order chi connectivity index (χ0) is 24.4. The number of rotatable bonds is 7. The first-order valence-electron chi connectivity index (χ1n) is 12.5. The van der Waals surface area contributed by atoms with Crippen molar-refractivity contribution in [3.63, 3.8) is 0 Å². The Kier molecular flexibility index (Phi) is 5.03. The monoisotopic (exact) mass is 477 g/mol. The molecule has 3 atom stereocenters. The Balaban J connectivity index is 1.37. The number of pyridine rings is 1. The number of nitrogens with one attached hydrogen (secondary N) is 1. The second-order valence-electron chi connectivity index (χ2n) is 10.6. The first-order chi connectivity index (χ1) is 16.8. The maximum atomic E-state index is 13.4. The molecule has 35 heavy (non-hydrogen) atoms. The van der Waals surface area contributed by atoms with Crippen molar-refractivity contribution in [3.8, 4) is 5.88 Å². The molecule has 2 aliphatic carbocycles. The molecule has 6 rings (SSSR count). The third-order valence-electron chi connectivity index (χ3n) is 7.79. The van der Waals surface area contributed by atoms with Gasteiger partial charge in [-0.05, 0) is 64.5 Å². The van der Waals surface area contributed by atoms with E-state index >= 15 is 0 Å². The minimum Gasteiger partial charge on any atom is -0.474 e. The number of aromatic nitrogens is 4. The average Bonchev–Trinajstić information content (AvgIpc) is 3.37. The summed E-state index contributed by atoms with van der Waals surface area (Å²) in [6, 6.07) is 3.64. The largest absolute Gasteiger partial charge is 0.474 e. The van der Waals surface area contributed by atoms with Gasteiger partial charge in [0.15, 0.2) is 0 Å². The standard InChI is InChI=1S/C26H31N5O4/c1-4-16(2)35-22-18(21(32)27-19-6-5-11-31(23(19)33)17-7-8-17)12-30-13-20(28-24(30)29-22)26-10-9-25(3,14-26)34-15-26/h5-6,11-13,16-17H,4,7-10,14-15H2,1-3H3,(H,27,32). The van der Waals surface area contributed by atoms with Crippen molar-refractivity contribution in [2.24, 2.45) is 0 Å². The quantitative estimate of drug-likeness (QED) is 0.555. The summed E-state index contributed by atoms with van der Waals surface area (Å²) in [6.07, 6.45) is 11.0. The Labute approximate surface area is 203 Å². The summed E-state index contributed by atoms with van der Waals surface area (Å²) in [5, 5.41) is 2.79. The topological polar surface area (TPSA) is 99.8 Å². The Bertz CT molecular complexity index is 1360. The van der Waals surface area contributed by atoms with E-state index in [1.54, 1.807) is 33.5 Å². The van der Waals surface area contributed by atoms with Crippen LogP contribution in [0.2, 0.25) is 0 Å². The molecule has 3 aromatic heterocycles. The molecule has 2 saturated carbocycles. The molecule has 1 saturated heterocycles. The minimum absolute atomic E-state index is 0.0812. The number of hydrogen-bond donors (Lipinski definition) is 1. The highest BCUT2D eigenvalue weighted by molar-refractivity contribution is 6.05. The Morgan fingerprint density at radius 2 is 2.14 bits per heavy atom. The summed E-state index contributed by atoms with van der Waals surface area (Å²) < 4.78 is 15.6. The predicted molar refractivity (Wildman–Crippen MR) is 130 cm³/mol. The van der Waals surface area contributed by atoms with Gasteiger partial charge in [-0.3, -0.25) is 14.0 Å². The third kappa shape index (κ3) is 3.82. The van der Waals surface area contributed by atoms with Crippen LogP contribution in [0.15, 0.2) is 35.5 Å². The van der Waals surface area contributed by atoms with Gasteiger partial charge in [-0.2, -0.15) is 4.98 Å². The van der Waals surface area contributed by atoms with Crippen LogP contribution in [0, 0.1) is 0 Å². The van der Waals surface area contributed by atoms with E-state index in [2.05, 4.69) is 17.2 Å². The number of nitrogens with zero attached hydrogens (tertiary/aromatic N) is 4. The second kappa shape index (κ2) is 7.91. The van der Waals surface area contributed by atoms with Crippen molar-refractivity contribution >= 4 is 17.4 Å². The van der Waals surface area contributed by atoms with Gasteiger partial charge in [0.25, 0.3) is 11.5 Å². The van der Waals surface area contributed by atoms with Gasteiger partial charge in [-0.25, -0.2) is 4.98 Å². The molecule has 0 aromatic carbocycles. The van der Waals surface area contributed by atoms with E-state index in [0.717, 1.165) is 44.2 Å². The molecule has 0 spiro atoms. The minimum atomic E-state index is -0.436. The number of fused-ring (bicyclic) bond motifs is 3. The number of imidazole rings is 1. The molecule has 4 heterocycles. The van der Waals surface area contributed by atoms with Gasteiger partial charge < -0.3 is 19.4 Å². The van der Waals surface area contributed by atoms with Crippen molar-refractivity contribution < 1.29 is 14.3 Å². The molecule has 3 unspecified atom stereocenters. The molecule has 3 fully saturated rings. The lowest BCUT2D eigenvalue weighted by molar-refractivity contribution is -0.00627. The molecule has 1 aliphatic heterocycles. The van der Waals surface area contributed by atoms with E-state index in [-0.39, 0.29) is 45.9 Å². The van der Waals surface area contributed by atoms with Gasteiger partial charge in [-0.1, -0.05) is 6.92 Å². The number of carbonyl (C=O) groups excluding carboxylic acids is 1. The zero-order valence-electron chi connectivity index (χ0n) is 20.4. The molecule has 184 valence electrons. The van der Waals surface area contributed by atoms with E-state index in [1.807, 2.05) is 20.0 Å². The van der Waals surface area contributed by atoms with Crippen molar-refractivity contribution in [2.75, 3.05) is 11.9 Å². The molecule has 1 amide bonds. The van der Waals surface area contributed by atoms with Crippen molar-refractivity contribution in [1.29, 1.82) is 0 Å². The second-order valence-corrected chi connectivity index (χ2v) is 10.6. The first-order valence-corrected chi connectivity index (χ1v) is 12.5. The van der Waals surface area contributed by atoms with Crippen molar-refractivity contribution in [3.05, 3.63) is 52.3 Å². The number of amides is 1. The van der Waals surface area contributed by atoms with Crippen molar-refractivity contribution in [2.45, 2.75) is 82.5 Å². The van der Waals surface area contributed by atoms with Crippen LogP contribution in [0.4, 0.5) is 5.69 Å². The first kappa shape index (κ1) is 22.3. The lowest BCUT2D eigenvalue weighted by Crippen LogP contribution is -2.26. The summed E-state index contributed by atoms with van der Waals surface area (Å²) in [5.74, 6) is 0.270. The van der Waals surface area contributed by atoms with Gasteiger partial charge in [0.05, 0.1) is 24.0 Å². The number of carbonyl (C=O) groups is 1. The Morgan fingerprint density at radius 1 is 1.31 bits per heavy atom. The SMILES string of the molecule is CCC(C)Oc1nc2nc(C34CCC(C)(C3)OC4)cn2cc1C(=O)Nc1cccn(C2CC2)c1=O. The summed E-state index contributed by atoms with van der Waals surface area (Å²) in [6.45, 7) is 6.76. The maximum Gasteiger partial charge on any atom is 0.274 e. The van der Waals surface area contributed by atoms with Crippen molar-refractivity contribution in [1.82, 2.24) is 18.9 Å². The van der Waals surface area contributed by atoms with Crippen LogP contribution in [0.1, 0.15) is 81.4 Å². The lowest BCUT2D eigenvalue weighted by atomic mass is 9.84. The zero-order valence-corrected chi connectivity index (χ0v) is 20.4. The van der Waals surface area contributed by atoms with E-state index in [0.29, 0.717) is 12.4 Å². The molecule has 3 aliphatic rings. The van der Waals surface area contributed by atoms with E-state index in [9.17, 15) is 9.59 Å². The fourth-order valence-corrected chi connectivity index (χ4v) is 5.36. The van der Waals surface area contributed by atoms with Gasteiger partial charge in [0.1, 0.15) is 11.3 Å². The fraction of sp³-hybridized carbons (Fsp3) is 0.538. The van der Waals surface area contributed by atoms with Crippen LogP contribution in [-0.4, -0.2) is 43.2 Å². The molecule has 9 nitrogen and oxygen atoms in total. The maximum absolute atomic E-state index is 13.4. The van der Waals surface area contributed by atoms with Gasteiger partial charge >= 0.3 is 0 Å².